The molecule has 0 amide bonds. The molecule has 10 atom stereocenters. The third-order valence-electron chi connectivity index (χ3n) is 9.88. The van der Waals surface area contributed by atoms with Crippen molar-refractivity contribution >= 4 is 27.9 Å². The topological polar surface area (TPSA) is 72.8 Å². The monoisotopic (exact) mass is 496 g/mol. The van der Waals surface area contributed by atoms with Crippen LogP contribution in [-0.2, 0) is 19.1 Å². The Kier molecular flexibility index (Phi) is 5.69. The van der Waals surface area contributed by atoms with Crippen molar-refractivity contribution in [1.29, 1.82) is 0 Å². The molecule has 0 aromatic rings. The zero-order valence-electron chi connectivity index (χ0n) is 19.6. The third kappa shape index (κ3) is 3.18. The first-order chi connectivity index (χ1) is 14.4. The molecule has 4 aliphatic carbocycles. The highest BCUT2D eigenvalue weighted by molar-refractivity contribution is 9.10. The van der Waals surface area contributed by atoms with Gasteiger partial charge in [0.15, 0.2) is 0 Å². The molecule has 0 saturated heterocycles. The number of aliphatic hydroxyl groups excluding tert-OH is 1. The van der Waals surface area contributed by atoms with E-state index in [-0.39, 0.29) is 40.7 Å². The fourth-order valence-electron chi connectivity index (χ4n) is 8.26. The van der Waals surface area contributed by atoms with Crippen LogP contribution < -0.4 is 0 Å². The molecule has 0 aliphatic heterocycles. The van der Waals surface area contributed by atoms with Gasteiger partial charge in [0.2, 0.25) is 0 Å². The fourth-order valence-corrected chi connectivity index (χ4v) is 9.61. The summed E-state index contributed by atoms with van der Waals surface area (Å²) in [4.78, 5) is 23.4. The van der Waals surface area contributed by atoms with Gasteiger partial charge in [-0.15, -0.1) is 0 Å². The summed E-state index contributed by atoms with van der Waals surface area (Å²) < 4.78 is 10.7. The van der Waals surface area contributed by atoms with Crippen molar-refractivity contribution in [3.8, 4) is 0 Å². The Balaban J connectivity index is 1.73. The van der Waals surface area contributed by atoms with Crippen molar-refractivity contribution in [2.24, 2.45) is 40.4 Å². The fraction of sp³-hybridized carbons (Fsp3) is 0.840. The van der Waals surface area contributed by atoms with Crippen molar-refractivity contribution in [2.45, 2.75) is 90.2 Å². The third-order valence-corrected chi connectivity index (χ3v) is 11.5. The minimum Gasteiger partial charge on any atom is -0.462 e. The first-order valence-electron chi connectivity index (χ1n) is 11.8. The van der Waals surface area contributed by atoms with E-state index in [4.69, 9.17) is 9.47 Å². The normalized spacial score (nSPS) is 51.1. The zero-order valence-corrected chi connectivity index (χ0v) is 21.2. The number of rotatable bonds is 2. The molecule has 6 heteroatoms. The van der Waals surface area contributed by atoms with Crippen LogP contribution in [0.25, 0.3) is 0 Å². The molecule has 174 valence electrons. The van der Waals surface area contributed by atoms with Gasteiger partial charge in [0.1, 0.15) is 11.9 Å². The van der Waals surface area contributed by atoms with Crippen LogP contribution in [0.1, 0.15) is 73.6 Å². The maximum atomic E-state index is 11.7. The van der Waals surface area contributed by atoms with Crippen LogP contribution in [0.5, 0.6) is 0 Å². The van der Waals surface area contributed by atoms with E-state index in [2.05, 4.69) is 49.7 Å². The van der Waals surface area contributed by atoms with Crippen LogP contribution >= 0.6 is 15.9 Å². The van der Waals surface area contributed by atoms with Gasteiger partial charge in [0, 0.05) is 25.7 Å². The molecule has 31 heavy (non-hydrogen) atoms. The average Bonchev–Trinajstić information content (AvgIpc) is 2.98. The van der Waals surface area contributed by atoms with Gasteiger partial charge < -0.3 is 14.6 Å². The number of esters is 2. The molecule has 0 aromatic carbocycles. The van der Waals surface area contributed by atoms with E-state index in [0.717, 1.165) is 25.7 Å². The van der Waals surface area contributed by atoms with E-state index >= 15 is 0 Å². The van der Waals surface area contributed by atoms with Crippen LogP contribution in [0.15, 0.2) is 11.8 Å². The van der Waals surface area contributed by atoms with E-state index in [0.29, 0.717) is 29.9 Å². The summed E-state index contributed by atoms with van der Waals surface area (Å²) in [6, 6.07) is 0. The second-order valence-electron chi connectivity index (χ2n) is 11.2. The lowest BCUT2D eigenvalue weighted by Gasteiger charge is -2.67. The molecular formula is C25H37BrO5. The maximum absolute atomic E-state index is 11.7. The summed E-state index contributed by atoms with van der Waals surface area (Å²) in [5.74, 6) is 1.64. The number of aliphatic hydroxyl groups is 1. The van der Waals surface area contributed by atoms with Crippen molar-refractivity contribution < 1.29 is 24.2 Å². The molecule has 0 aromatic heterocycles. The predicted molar refractivity (Wildman–Crippen MR) is 121 cm³/mol. The molecule has 0 unspecified atom stereocenters. The van der Waals surface area contributed by atoms with Crippen LogP contribution in [0.4, 0.5) is 0 Å². The first-order valence-corrected chi connectivity index (χ1v) is 12.6. The maximum Gasteiger partial charge on any atom is 0.307 e. The summed E-state index contributed by atoms with van der Waals surface area (Å²) in [7, 11) is 0. The van der Waals surface area contributed by atoms with Gasteiger partial charge >= 0.3 is 11.9 Å². The Labute approximate surface area is 194 Å². The van der Waals surface area contributed by atoms with Crippen molar-refractivity contribution in [3.05, 3.63) is 11.8 Å². The van der Waals surface area contributed by atoms with Gasteiger partial charge in [-0.05, 0) is 66.8 Å². The van der Waals surface area contributed by atoms with Gasteiger partial charge in [-0.3, -0.25) is 9.59 Å². The van der Waals surface area contributed by atoms with E-state index in [1.54, 1.807) is 0 Å². The molecule has 5 nitrogen and oxygen atoms in total. The summed E-state index contributed by atoms with van der Waals surface area (Å²) in [5.41, 5.74) is -0.200. The molecule has 3 saturated carbocycles. The van der Waals surface area contributed by atoms with Gasteiger partial charge in [0.05, 0.1) is 10.4 Å². The summed E-state index contributed by atoms with van der Waals surface area (Å²) in [5, 5.41) is 11.7. The van der Waals surface area contributed by atoms with Crippen LogP contribution in [0.2, 0.25) is 0 Å². The standard InChI is InChI=1S/C25H37BrO5/c1-13-11-17(30-15(3)27)12-25(26)22(29)14(2)21-18-7-8-20(31-16(4)28)23(18,5)10-9-19(21)24(13,25)6/h11,13-14,18-22,29H,7-10,12H2,1-6H3/t13-,14+,18+,19+,20+,21+,22-,23+,24-,25+/m1/s1. The Bertz CT molecular complexity index is 810. The second-order valence-corrected chi connectivity index (χ2v) is 12.6. The van der Waals surface area contributed by atoms with E-state index in [9.17, 15) is 14.7 Å². The highest BCUT2D eigenvalue weighted by atomic mass is 79.9. The lowest BCUT2D eigenvalue weighted by atomic mass is 9.41. The largest absolute Gasteiger partial charge is 0.462 e. The molecule has 0 bridgehead atoms. The Morgan fingerprint density at radius 3 is 2.39 bits per heavy atom. The Hall–Kier alpha value is -0.880. The van der Waals surface area contributed by atoms with Crippen molar-refractivity contribution in [2.75, 3.05) is 0 Å². The van der Waals surface area contributed by atoms with E-state index in [1.807, 2.05) is 0 Å². The summed E-state index contributed by atoms with van der Waals surface area (Å²) >= 11 is 4.05. The molecule has 0 spiro atoms. The van der Waals surface area contributed by atoms with Gasteiger partial charge in [0.25, 0.3) is 0 Å². The molecule has 3 fully saturated rings. The van der Waals surface area contributed by atoms with Crippen LogP contribution in [0, 0.1) is 40.4 Å². The molecular weight excluding hydrogens is 460 g/mol. The second kappa shape index (κ2) is 7.58. The molecule has 4 rings (SSSR count). The molecule has 0 heterocycles. The number of carbonyl (C=O) groups excluding carboxylic acids is 2. The lowest BCUT2D eigenvalue weighted by Crippen LogP contribution is -2.69. The van der Waals surface area contributed by atoms with Crippen LogP contribution in [-0.4, -0.2) is 33.6 Å². The Morgan fingerprint density at radius 1 is 1.10 bits per heavy atom. The van der Waals surface area contributed by atoms with Crippen molar-refractivity contribution in [3.63, 3.8) is 0 Å². The minimum atomic E-state index is -0.560. The number of alkyl halides is 1. The number of carbonyl (C=O) groups is 2. The number of fused-ring (bicyclic) bond motifs is 5. The number of halogens is 1. The predicted octanol–water partition coefficient (Wildman–Crippen LogP) is 5.00. The van der Waals surface area contributed by atoms with E-state index < -0.39 is 10.4 Å². The number of ether oxygens (including phenoxy) is 2. The van der Waals surface area contributed by atoms with Gasteiger partial charge in [-0.1, -0.05) is 43.6 Å². The van der Waals surface area contributed by atoms with Crippen LogP contribution in [0.3, 0.4) is 0 Å². The molecule has 0 radical (unpaired) electrons. The summed E-state index contributed by atoms with van der Waals surface area (Å²) in [6.07, 6.45) is 6.07. The SMILES string of the molecule is CC(=O)OC1=C[C@@H](C)[C@]2(C)[C@H]3CC[C@]4(C)[C@@H](OC(C)=O)CC[C@H]4[C@@H]3[C@H](C)[C@@H](O)[C@@]2(Br)C1. The smallest absolute Gasteiger partial charge is 0.307 e. The first kappa shape index (κ1) is 23.3. The summed E-state index contributed by atoms with van der Waals surface area (Å²) in [6.45, 7) is 11.9. The Morgan fingerprint density at radius 2 is 1.77 bits per heavy atom. The number of allylic oxidation sites excluding steroid dienone is 2. The number of hydrogen-bond acceptors (Lipinski definition) is 5. The molecule has 4 aliphatic rings. The van der Waals surface area contributed by atoms with E-state index in [1.165, 1.54) is 13.8 Å². The highest BCUT2D eigenvalue weighted by Gasteiger charge is 2.70. The number of hydrogen-bond donors (Lipinski definition) is 1. The lowest BCUT2D eigenvalue weighted by molar-refractivity contribution is -0.186. The van der Waals surface area contributed by atoms with Gasteiger partial charge in [-0.25, -0.2) is 0 Å². The quantitative estimate of drug-likeness (QED) is 0.430. The average molecular weight is 497 g/mol. The van der Waals surface area contributed by atoms with Gasteiger partial charge in [-0.2, -0.15) is 0 Å². The zero-order chi connectivity index (χ0) is 22.9. The highest BCUT2D eigenvalue weighted by Crippen LogP contribution is 2.71. The van der Waals surface area contributed by atoms with Crippen molar-refractivity contribution in [1.82, 2.24) is 0 Å². The molecule has 1 N–H and O–H groups in total. The minimum absolute atomic E-state index is 0.0250.